The Labute approximate surface area is 129 Å². The topological polar surface area (TPSA) is 36.4 Å². The van der Waals surface area contributed by atoms with Crippen molar-refractivity contribution in [3.63, 3.8) is 0 Å². The van der Waals surface area contributed by atoms with Crippen molar-refractivity contribution in [2.24, 2.45) is 0 Å². The van der Waals surface area contributed by atoms with Crippen molar-refractivity contribution in [3.05, 3.63) is 29.3 Å². The van der Waals surface area contributed by atoms with Gasteiger partial charge in [-0.15, -0.1) is 11.3 Å². The number of carbonyl (C=O) groups excluding carboxylic acids is 1. The van der Waals surface area contributed by atoms with Crippen LogP contribution in [0.1, 0.15) is 18.4 Å². The van der Waals surface area contributed by atoms with Crippen LogP contribution in [0.25, 0.3) is 10.2 Å². The number of thiazole rings is 1. The second-order valence-corrected chi connectivity index (χ2v) is 6.51. The predicted molar refractivity (Wildman–Crippen MR) is 86.6 cm³/mol. The standard InChI is InChI=1S/C16H21N3OS/c1-2-18-9-11-19(12-10-18)16(20)8-7-15-17-13-5-3-4-6-14(13)21-15/h3-6H,2,7-12H2,1H3. The predicted octanol–water partition coefficient (Wildman–Crippen LogP) is 2.39. The summed E-state index contributed by atoms with van der Waals surface area (Å²) >= 11 is 1.70. The Morgan fingerprint density at radius 2 is 2.00 bits per heavy atom. The zero-order valence-corrected chi connectivity index (χ0v) is 13.2. The van der Waals surface area contributed by atoms with Gasteiger partial charge in [0.15, 0.2) is 0 Å². The first-order valence-corrected chi connectivity index (χ1v) is 8.42. The summed E-state index contributed by atoms with van der Waals surface area (Å²) < 4.78 is 1.21. The van der Waals surface area contributed by atoms with Crippen molar-refractivity contribution >= 4 is 27.5 Å². The quantitative estimate of drug-likeness (QED) is 0.870. The molecule has 1 aromatic heterocycles. The van der Waals surface area contributed by atoms with Gasteiger partial charge in [-0.3, -0.25) is 4.79 Å². The summed E-state index contributed by atoms with van der Waals surface area (Å²) in [6.45, 7) is 6.99. The highest BCUT2D eigenvalue weighted by atomic mass is 32.1. The number of nitrogens with zero attached hydrogens (tertiary/aromatic N) is 3. The molecule has 1 aliphatic heterocycles. The Balaban J connectivity index is 1.54. The maximum atomic E-state index is 12.3. The number of aryl methyl sites for hydroxylation is 1. The van der Waals surface area contributed by atoms with Crippen LogP contribution in [0.2, 0.25) is 0 Å². The highest BCUT2D eigenvalue weighted by Crippen LogP contribution is 2.22. The first kappa shape index (κ1) is 14.5. The van der Waals surface area contributed by atoms with Crippen LogP contribution in [0.3, 0.4) is 0 Å². The molecule has 0 atom stereocenters. The maximum Gasteiger partial charge on any atom is 0.223 e. The van der Waals surface area contributed by atoms with Crippen molar-refractivity contribution in [2.45, 2.75) is 19.8 Å². The Morgan fingerprint density at radius 3 is 2.71 bits per heavy atom. The number of para-hydroxylation sites is 1. The Kier molecular flexibility index (Phi) is 4.51. The third-order valence-corrected chi connectivity index (χ3v) is 5.16. The molecule has 2 heterocycles. The molecule has 1 saturated heterocycles. The van der Waals surface area contributed by atoms with Gasteiger partial charge in [0.05, 0.1) is 15.2 Å². The fourth-order valence-corrected chi connectivity index (χ4v) is 3.68. The smallest absolute Gasteiger partial charge is 0.223 e. The van der Waals surface area contributed by atoms with Crippen LogP contribution in [-0.2, 0) is 11.2 Å². The van der Waals surface area contributed by atoms with E-state index in [0.717, 1.165) is 49.7 Å². The van der Waals surface area contributed by atoms with E-state index >= 15 is 0 Å². The molecule has 0 N–H and O–H groups in total. The number of benzene rings is 1. The van der Waals surface area contributed by atoms with Crippen LogP contribution >= 0.6 is 11.3 Å². The van der Waals surface area contributed by atoms with Gasteiger partial charge in [-0.1, -0.05) is 19.1 Å². The number of aromatic nitrogens is 1. The van der Waals surface area contributed by atoms with Crippen LogP contribution < -0.4 is 0 Å². The zero-order valence-electron chi connectivity index (χ0n) is 12.4. The highest BCUT2D eigenvalue weighted by Gasteiger charge is 2.20. The molecule has 0 bridgehead atoms. The molecule has 0 saturated carbocycles. The SMILES string of the molecule is CCN1CCN(C(=O)CCc2nc3ccccc3s2)CC1. The van der Waals surface area contributed by atoms with Crippen molar-refractivity contribution in [2.75, 3.05) is 32.7 Å². The molecular formula is C16H21N3OS. The van der Waals surface area contributed by atoms with E-state index in [-0.39, 0.29) is 5.91 Å². The molecule has 1 fully saturated rings. The minimum absolute atomic E-state index is 0.269. The molecule has 1 aromatic carbocycles. The van der Waals surface area contributed by atoms with Crippen LogP contribution in [-0.4, -0.2) is 53.4 Å². The van der Waals surface area contributed by atoms with E-state index in [1.807, 2.05) is 23.1 Å². The highest BCUT2D eigenvalue weighted by molar-refractivity contribution is 7.18. The van der Waals surface area contributed by atoms with E-state index < -0.39 is 0 Å². The lowest BCUT2D eigenvalue weighted by molar-refractivity contribution is -0.132. The van der Waals surface area contributed by atoms with E-state index in [1.54, 1.807) is 11.3 Å². The molecule has 2 aromatic rings. The first-order valence-electron chi connectivity index (χ1n) is 7.61. The Morgan fingerprint density at radius 1 is 1.24 bits per heavy atom. The fourth-order valence-electron chi connectivity index (χ4n) is 2.71. The minimum Gasteiger partial charge on any atom is -0.340 e. The number of piperazine rings is 1. The lowest BCUT2D eigenvalue weighted by atomic mass is 10.2. The normalized spacial score (nSPS) is 16.5. The molecule has 0 unspecified atom stereocenters. The molecule has 0 spiro atoms. The number of rotatable bonds is 4. The van der Waals surface area contributed by atoms with E-state index in [4.69, 9.17) is 0 Å². The molecule has 4 nitrogen and oxygen atoms in total. The molecule has 1 amide bonds. The van der Waals surface area contributed by atoms with Crippen molar-refractivity contribution in [3.8, 4) is 0 Å². The third-order valence-electron chi connectivity index (χ3n) is 4.06. The number of hydrogen-bond acceptors (Lipinski definition) is 4. The summed E-state index contributed by atoms with van der Waals surface area (Å²) in [7, 11) is 0. The van der Waals surface area contributed by atoms with Crippen LogP contribution in [0.4, 0.5) is 0 Å². The second-order valence-electron chi connectivity index (χ2n) is 5.39. The van der Waals surface area contributed by atoms with Gasteiger partial charge < -0.3 is 9.80 Å². The second kappa shape index (κ2) is 6.54. The lowest BCUT2D eigenvalue weighted by Gasteiger charge is -2.34. The summed E-state index contributed by atoms with van der Waals surface area (Å²) in [6, 6.07) is 8.15. The van der Waals surface area contributed by atoms with Crippen molar-refractivity contribution < 1.29 is 4.79 Å². The monoisotopic (exact) mass is 303 g/mol. The van der Waals surface area contributed by atoms with Gasteiger partial charge in [-0.05, 0) is 18.7 Å². The number of fused-ring (bicyclic) bond motifs is 1. The van der Waals surface area contributed by atoms with E-state index in [0.29, 0.717) is 6.42 Å². The van der Waals surface area contributed by atoms with Gasteiger partial charge in [0, 0.05) is 39.0 Å². The van der Waals surface area contributed by atoms with Gasteiger partial charge >= 0.3 is 0 Å². The van der Waals surface area contributed by atoms with Crippen LogP contribution in [0, 0.1) is 0 Å². The molecule has 3 rings (SSSR count). The number of amides is 1. The maximum absolute atomic E-state index is 12.3. The lowest BCUT2D eigenvalue weighted by Crippen LogP contribution is -2.48. The van der Waals surface area contributed by atoms with Crippen LogP contribution in [0.15, 0.2) is 24.3 Å². The van der Waals surface area contributed by atoms with Crippen molar-refractivity contribution in [1.29, 1.82) is 0 Å². The average Bonchev–Trinajstić information content (AvgIpc) is 2.95. The molecule has 1 aliphatic rings. The molecule has 112 valence electrons. The number of likely N-dealkylation sites (N-methyl/N-ethyl adjacent to an activating group) is 1. The van der Waals surface area contributed by atoms with Gasteiger partial charge in [0.2, 0.25) is 5.91 Å². The summed E-state index contributed by atoms with van der Waals surface area (Å²) in [6.07, 6.45) is 1.33. The fraction of sp³-hybridized carbons (Fsp3) is 0.500. The van der Waals surface area contributed by atoms with Gasteiger partial charge in [-0.2, -0.15) is 0 Å². The Bertz CT molecular complexity index is 584. The summed E-state index contributed by atoms with van der Waals surface area (Å²) in [5, 5.41) is 1.07. The Hall–Kier alpha value is -1.46. The first-order chi connectivity index (χ1) is 10.3. The van der Waals surface area contributed by atoms with E-state index in [1.165, 1.54) is 4.70 Å². The number of carbonyl (C=O) groups is 1. The molecule has 21 heavy (non-hydrogen) atoms. The molecule has 0 aliphatic carbocycles. The summed E-state index contributed by atoms with van der Waals surface area (Å²) in [5.74, 6) is 0.269. The van der Waals surface area contributed by atoms with Gasteiger partial charge in [0.1, 0.15) is 0 Å². The molecule has 0 radical (unpaired) electrons. The minimum atomic E-state index is 0.269. The van der Waals surface area contributed by atoms with Gasteiger partial charge in [0.25, 0.3) is 0 Å². The molecular weight excluding hydrogens is 282 g/mol. The largest absolute Gasteiger partial charge is 0.340 e. The average molecular weight is 303 g/mol. The van der Waals surface area contributed by atoms with Crippen molar-refractivity contribution in [1.82, 2.24) is 14.8 Å². The third kappa shape index (κ3) is 3.41. The molecule has 5 heteroatoms. The van der Waals surface area contributed by atoms with Crippen LogP contribution in [0.5, 0.6) is 0 Å². The van der Waals surface area contributed by atoms with E-state index in [2.05, 4.69) is 22.9 Å². The summed E-state index contributed by atoms with van der Waals surface area (Å²) in [4.78, 5) is 21.2. The summed E-state index contributed by atoms with van der Waals surface area (Å²) in [5.41, 5.74) is 1.04. The number of hydrogen-bond donors (Lipinski definition) is 0. The zero-order chi connectivity index (χ0) is 14.7. The van der Waals surface area contributed by atoms with Gasteiger partial charge in [-0.25, -0.2) is 4.98 Å². The van der Waals surface area contributed by atoms with E-state index in [9.17, 15) is 4.79 Å².